The molecule has 28 heavy (non-hydrogen) atoms. The highest BCUT2D eigenvalue weighted by Crippen LogP contribution is 2.36. The smallest absolute Gasteiger partial charge is 0.243 e. The quantitative estimate of drug-likeness (QED) is 0.792. The van der Waals surface area contributed by atoms with Crippen LogP contribution in [0.2, 0.25) is 0 Å². The van der Waals surface area contributed by atoms with Crippen LogP contribution < -0.4 is 4.90 Å². The van der Waals surface area contributed by atoms with Gasteiger partial charge in [0.25, 0.3) is 0 Å². The number of benzene rings is 2. The molecule has 2 N–H and O–H groups in total. The van der Waals surface area contributed by atoms with E-state index in [0.29, 0.717) is 24.1 Å². The van der Waals surface area contributed by atoms with Gasteiger partial charge < -0.3 is 15.1 Å². The number of carbonyl (C=O) groups excluding carboxylic acids is 1. The first-order valence-corrected chi connectivity index (χ1v) is 9.60. The first-order chi connectivity index (χ1) is 13.4. The zero-order valence-electron chi connectivity index (χ0n) is 16.6. The van der Waals surface area contributed by atoms with E-state index in [1.165, 1.54) is 12.1 Å². The maximum Gasteiger partial charge on any atom is 0.243 e. The van der Waals surface area contributed by atoms with Gasteiger partial charge in [-0.3, -0.25) is 4.79 Å². The Labute approximate surface area is 165 Å². The fourth-order valence-electron chi connectivity index (χ4n) is 3.36. The van der Waals surface area contributed by atoms with Gasteiger partial charge >= 0.3 is 0 Å². The molecular weight excluding hydrogens is 354 g/mol. The molecule has 1 unspecified atom stereocenters. The molecule has 148 valence electrons. The van der Waals surface area contributed by atoms with Crippen LogP contribution in [-0.2, 0) is 4.79 Å². The summed E-state index contributed by atoms with van der Waals surface area (Å²) in [6.07, 6.45) is 2.71. The van der Waals surface area contributed by atoms with Crippen molar-refractivity contribution in [1.29, 1.82) is 0 Å². The summed E-state index contributed by atoms with van der Waals surface area (Å²) in [6, 6.07) is 12.3. The van der Waals surface area contributed by atoms with Crippen molar-refractivity contribution in [2.45, 2.75) is 38.6 Å². The molecule has 3 rings (SSSR count). The van der Waals surface area contributed by atoms with Gasteiger partial charge in [-0.05, 0) is 36.2 Å². The third-order valence-corrected chi connectivity index (χ3v) is 5.00. The predicted octanol–water partition coefficient (Wildman–Crippen LogP) is 4.03. The van der Waals surface area contributed by atoms with Crippen LogP contribution >= 0.6 is 0 Å². The van der Waals surface area contributed by atoms with Crippen molar-refractivity contribution >= 4 is 17.3 Å². The summed E-state index contributed by atoms with van der Waals surface area (Å²) in [5, 5.41) is 25.9. The van der Waals surface area contributed by atoms with Gasteiger partial charge in [0.2, 0.25) is 5.91 Å². The van der Waals surface area contributed by atoms with Crippen molar-refractivity contribution < 1.29 is 15.0 Å². The second kappa shape index (κ2) is 8.33. The Morgan fingerprint density at radius 2 is 1.89 bits per heavy atom. The summed E-state index contributed by atoms with van der Waals surface area (Å²) in [5.41, 5.74) is 3.28. The van der Waals surface area contributed by atoms with Gasteiger partial charge in [0.1, 0.15) is 11.5 Å². The molecule has 6 heteroatoms. The lowest BCUT2D eigenvalue weighted by Crippen LogP contribution is -2.26. The molecule has 1 aliphatic heterocycles. The van der Waals surface area contributed by atoms with Crippen LogP contribution in [0.25, 0.3) is 0 Å². The molecule has 0 spiro atoms. The van der Waals surface area contributed by atoms with Crippen molar-refractivity contribution in [2.75, 3.05) is 19.0 Å². The normalized spacial score (nSPS) is 16.2. The molecule has 1 amide bonds. The maximum atomic E-state index is 12.8. The molecule has 0 aromatic heterocycles. The first-order valence-electron chi connectivity index (χ1n) is 9.60. The number of phenols is 2. The molecule has 0 saturated heterocycles. The zero-order valence-corrected chi connectivity index (χ0v) is 16.6. The minimum atomic E-state index is -0.205. The number of hydrazone groups is 1. The summed E-state index contributed by atoms with van der Waals surface area (Å²) < 4.78 is 0. The van der Waals surface area contributed by atoms with Crippen molar-refractivity contribution in [3.63, 3.8) is 0 Å². The average molecular weight is 381 g/mol. The number of rotatable bonds is 6. The maximum absolute atomic E-state index is 12.8. The van der Waals surface area contributed by atoms with Crippen LogP contribution in [-0.4, -0.2) is 40.9 Å². The van der Waals surface area contributed by atoms with Gasteiger partial charge in [-0.25, -0.2) is 5.01 Å². The fourth-order valence-corrected chi connectivity index (χ4v) is 3.36. The molecule has 1 aliphatic rings. The summed E-state index contributed by atoms with van der Waals surface area (Å²) in [7, 11) is 3.97. The minimum Gasteiger partial charge on any atom is -0.508 e. The van der Waals surface area contributed by atoms with E-state index in [9.17, 15) is 15.0 Å². The van der Waals surface area contributed by atoms with Gasteiger partial charge in [-0.2, -0.15) is 5.10 Å². The van der Waals surface area contributed by atoms with E-state index in [0.717, 1.165) is 24.1 Å². The van der Waals surface area contributed by atoms with Gasteiger partial charge in [0, 0.05) is 44.3 Å². The van der Waals surface area contributed by atoms with E-state index in [2.05, 4.69) is 12.0 Å². The molecule has 0 aliphatic carbocycles. The molecule has 6 nitrogen and oxygen atoms in total. The summed E-state index contributed by atoms with van der Waals surface area (Å²) >= 11 is 0. The van der Waals surface area contributed by atoms with Gasteiger partial charge in [0.05, 0.1) is 11.8 Å². The molecule has 0 radical (unpaired) electrons. The number of phenolic OH excluding ortho intramolecular Hbond substituents is 2. The fraction of sp³-hybridized carbons (Fsp3) is 0.364. The number of aromatic hydroxyl groups is 2. The molecule has 2 aromatic carbocycles. The second-order valence-electron chi connectivity index (χ2n) is 7.30. The molecule has 0 saturated carbocycles. The molecule has 2 aromatic rings. The van der Waals surface area contributed by atoms with Crippen molar-refractivity contribution in [1.82, 2.24) is 5.01 Å². The lowest BCUT2D eigenvalue weighted by molar-refractivity contribution is -0.133. The van der Waals surface area contributed by atoms with Crippen LogP contribution in [0.5, 0.6) is 11.5 Å². The lowest BCUT2D eigenvalue weighted by atomic mass is 9.97. The largest absolute Gasteiger partial charge is 0.508 e. The number of nitrogens with zero attached hydrogens (tertiary/aromatic N) is 3. The Bertz CT molecular complexity index is 875. The van der Waals surface area contributed by atoms with Crippen LogP contribution in [0.15, 0.2) is 47.6 Å². The third-order valence-electron chi connectivity index (χ3n) is 5.00. The SMILES string of the molecule is CCCCC(=O)N1N=C(c2ccc(O)cc2O)CC1c1ccc(N(C)C)cc1. The Balaban J connectivity index is 1.93. The van der Waals surface area contributed by atoms with E-state index in [-0.39, 0.29) is 23.4 Å². The molecule has 0 bridgehead atoms. The molecule has 0 fully saturated rings. The van der Waals surface area contributed by atoms with Gasteiger partial charge in [-0.1, -0.05) is 25.5 Å². The third kappa shape index (κ3) is 4.11. The van der Waals surface area contributed by atoms with E-state index >= 15 is 0 Å². The highest BCUT2D eigenvalue weighted by atomic mass is 16.3. The second-order valence-corrected chi connectivity index (χ2v) is 7.30. The summed E-state index contributed by atoms with van der Waals surface area (Å²) in [4.78, 5) is 14.8. The summed E-state index contributed by atoms with van der Waals surface area (Å²) in [6.45, 7) is 2.05. The van der Waals surface area contributed by atoms with Crippen molar-refractivity contribution in [3.05, 3.63) is 53.6 Å². The predicted molar refractivity (Wildman–Crippen MR) is 111 cm³/mol. The number of unbranched alkanes of at least 4 members (excludes halogenated alkanes) is 1. The van der Waals surface area contributed by atoms with Crippen molar-refractivity contribution in [3.8, 4) is 11.5 Å². The van der Waals surface area contributed by atoms with Crippen molar-refractivity contribution in [2.24, 2.45) is 5.10 Å². The topological polar surface area (TPSA) is 76.4 Å². The number of hydrogen-bond donors (Lipinski definition) is 2. The Kier molecular flexibility index (Phi) is 5.87. The monoisotopic (exact) mass is 381 g/mol. The number of anilines is 1. The van der Waals surface area contributed by atoms with Crippen LogP contribution in [0.3, 0.4) is 0 Å². The van der Waals surface area contributed by atoms with Crippen LogP contribution in [0.4, 0.5) is 5.69 Å². The highest BCUT2D eigenvalue weighted by Gasteiger charge is 2.33. The number of amides is 1. The van der Waals surface area contributed by atoms with Gasteiger partial charge in [-0.15, -0.1) is 0 Å². The number of carbonyl (C=O) groups is 1. The molecule has 1 atom stereocenters. The molecular formula is C22H27N3O3. The van der Waals surface area contributed by atoms with E-state index in [1.54, 1.807) is 11.1 Å². The lowest BCUT2D eigenvalue weighted by Gasteiger charge is -2.23. The van der Waals surface area contributed by atoms with Gasteiger partial charge in [0.15, 0.2) is 0 Å². The number of hydrogen-bond acceptors (Lipinski definition) is 5. The summed E-state index contributed by atoms with van der Waals surface area (Å²) in [5.74, 6) is -0.0633. The van der Waals surface area contributed by atoms with E-state index < -0.39 is 0 Å². The Hall–Kier alpha value is -3.02. The van der Waals surface area contributed by atoms with Crippen LogP contribution in [0, 0.1) is 0 Å². The minimum absolute atomic E-state index is 0.00782. The average Bonchev–Trinajstić information content (AvgIpc) is 3.11. The first kappa shape index (κ1) is 19.7. The standard InChI is InChI=1S/C22H27N3O3/c1-4-5-6-22(28)25-20(15-7-9-16(10-8-15)24(2)3)14-19(23-25)18-12-11-17(26)13-21(18)27/h7-13,20,26-27H,4-6,14H2,1-3H3. The van der Waals surface area contributed by atoms with Crippen LogP contribution in [0.1, 0.15) is 49.8 Å². The highest BCUT2D eigenvalue weighted by molar-refractivity contribution is 6.05. The Morgan fingerprint density at radius 1 is 1.18 bits per heavy atom. The Morgan fingerprint density at radius 3 is 2.50 bits per heavy atom. The molecule has 1 heterocycles. The zero-order chi connectivity index (χ0) is 20.3. The van der Waals surface area contributed by atoms with E-state index in [1.807, 2.05) is 43.3 Å². The van der Waals surface area contributed by atoms with E-state index in [4.69, 9.17) is 0 Å².